The summed E-state index contributed by atoms with van der Waals surface area (Å²) in [5.74, 6) is 0. The molecule has 0 saturated heterocycles. The van der Waals surface area contributed by atoms with E-state index in [1.54, 1.807) is 13.0 Å². The molecular formula is C12H9F6N3. The molecular weight excluding hydrogens is 300 g/mol. The Balaban J connectivity index is 2.69. The average Bonchev–Trinajstić information content (AvgIpc) is 2.65. The molecule has 9 heteroatoms. The van der Waals surface area contributed by atoms with Crippen LogP contribution in [0.15, 0.2) is 18.2 Å². The van der Waals surface area contributed by atoms with Crippen molar-refractivity contribution in [2.24, 2.45) is 0 Å². The van der Waals surface area contributed by atoms with Gasteiger partial charge in [0.1, 0.15) is 11.4 Å². The number of aromatic nitrogens is 3. The second kappa shape index (κ2) is 4.74. The first kappa shape index (κ1) is 15.3. The van der Waals surface area contributed by atoms with Gasteiger partial charge in [0.05, 0.1) is 11.4 Å². The molecule has 21 heavy (non-hydrogen) atoms. The van der Waals surface area contributed by atoms with Crippen LogP contribution < -0.4 is 0 Å². The molecule has 0 unspecified atom stereocenters. The second-order valence-electron chi connectivity index (χ2n) is 4.43. The summed E-state index contributed by atoms with van der Waals surface area (Å²) in [5, 5.41) is 3.88. The predicted molar refractivity (Wildman–Crippen MR) is 60.8 cm³/mol. The van der Waals surface area contributed by atoms with Crippen molar-refractivity contribution in [3.63, 3.8) is 0 Å². The molecule has 0 radical (unpaired) electrons. The molecule has 2 aromatic heterocycles. The van der Waals surface area contributed by atoms with Gasteiger partial charge in [0.2, 0.25) is 0 Å². The van der Waals surface area contributed by atoms with Crippen LogP contribution in [-0.2, 0) is 12.4 Å². The number of hydrogen-bond acceptors (Lipinski definition) is 2. The summed E-state index contributed by atoms with van der Waals surface area (Å²) in [6.07, 6.45) is -9.96. The Morgan fingerprint density at radius 3 is 1.67 bits per heavy atom. The zero-order chi connectivity index (χ0) is 16.0. The van der Waals surface area contributed by atoms with Crippen LogP contribution in [-0.4, -0.2) is 14.8 Å². The number of aryl methyl sites for hydroxylation is 2. The lowest BCUT2D eigenvalue weighted by molar-refractivity contribution is -0.150. The number of nitrogens with zero attached hydrogens (tertiary/aromatic N) is 3. The van der Waals surface area contributed by atoms with Crippen molar-refractivity contribution in [2.75, 3.05) is 0 Å². The maximum absolute atomic E-state index is 12.7. The molecule has 2 rings (SSSR count). The maximum Gasteiger partial charge on any atom is 0.433 e. The van der Waals surface area contributed by atoms with Gasteiger partial charge in [0.15, 0.2) is 0 Å². The van der Waals surface area contributed by atoms with Gasteiger partial charge in [-0.05, 0) is 32.0 Å². The van der Waals surface area contributed by atoms with Crippen LogP contribution in [0.3, 0.4) is 0 Å². The average molecular weight is 309 g/mol. The molecule has 0 N–H and O–H groups in total. The fourth-order valence-corrected chi connectivity index (χ4v) is 1.82. The summed E-state index contributed by atoms with van der Waals surface area (Å²) in [6.45, 7) is 3.11. The summed E-state index contributed by atoms with van der Waals surface area (Å²) in [4.78, 5) is 2.65. The molecule has 0 amide bonds. The number of alkyl halides is 6. The van der Waals surface area contributed by atoms with Gasteiger partial charge in [-0.1, -0.05) is 0 Å². The molecule has 0 spiro atoms. The van der Waals surface area contributed by atoms with E-state index in [1.165, 1.54) is 6.92 Å². The number of halogens is 6. The standard InChI is InChI=1S/C12H9F6N3/c1-6-3-7(2)21(20-6)8-4-9(11(13,14)15)19-10(5-8)12(16,17)18/h3-5H,1-2H3. The van der Waals surface area contributed by atoms with Crippen molar-refractivity contribution >= 4 is 0 Å². The van der Waals surface area contributed by atoms with E-state index in [9.17, 15) is 26.3 Å². The number of hydrogen-bond donors (Lipinski definition) is 0. The smallest absolute Gasteiger partial charge is 0.239 e. The van der Waals surface area contributed by atoms with Crippen LogP contribution in [0, 0.1) is 13.8 Å². The molecule has 0 aliphatic carbocycles. The highest BCUT2D eigenvalue weighted by Gasteiger charge is 2.39. The molecule has 0 aliphatic rings. The maximum atomic E-state index is 12.7. The number of rotatable bonds is 1. The lowest BCUT2D eigenvalue weighted by Gasteiger charge is -2.13. The highest BCUT2D eigenvalue weighted by atomic mass is 19.4. The summed E-state index contributed by atoms with van der Waals surface area (Å²) in [7, 11) is 0. The Hall–Kier alpha value is -2.06. The van der Waals surface area contributed by atoms with E-state index < -0.39 is 23.7 Å². The summed E-state index contributed by atoms with van der Waals surface area (Å²) < 4.78 is 77.2. The van der Waals surface area contributed by atoms with Crippen LogP contribution in [0.25, 0.3) is 5.69 Å². The van der Waals surface area contributed by atoms with Crippen LogP contribution in [0.2, 0.25) is 0 Å². The molecule has 2 aromatic rings. The minimum Gasteiger partial charge on any atom is -0.239 e. The molecule has 0 saturated carbocycles. The Bertz CT molecular complexity index is 636. The minimum atomic E-state index is -4.98. The van der Waals surface area contributed by atoms with E-state index in [1.807, 2.05) is 0 Å². The van der Waals surface area contributed by atoms with E-state index in [2.05, 4.69) is 10.1 Å². The minimum absolute atomic E-state index is 0.338. The molecule has 3 nitrogen and oxygen atoms in total. The van der Waals surface area contributed by atoms with E-state index in [0.717, 1.165) is 4.68 Å². The first-order valence-corrected chi connectivity index (χ1v) is 5.68. The quantitative estimate of drug-likeness (QED) is 0.748. The SMILES string of the molecule is Cc1cc(C)n(-c2cc(C(F)(F)F)nc(C(F)(F)F)c2)n1. The Morgan fingerprint density at radius 2 is 1.33 bits per heavy atom. The van der Waals surface area contributed by atoms with Crippen molar-refractivity contribution < 1.29 is 26.3 Å². The van der Waals surface area contributed by atoms with Gasteiger partial charge >= 0.3 is 12.4 Å². The molecule has 0 atom stereocenters. The van der Waals surface area contributed by atoms with Crippen LogP contribution in [0.5, 0.6) is 0 Å². The van der Waals surface area contributed by atoms with Crippen molar-refractivity contribution in [1.29, 1.82) is 0 Å². The summed E-state index contributed by atoms with van der Waals surface area (Å²) in [5.41, 5.74) is -2.67. The van der Waals surface area contributed by atoms with Gasteiger partial charge in [0.25, 0.3) is 0 Å². The summed E-state index contributed by atoms with van der Waals surface area (Å²) >= 11 is 0. The van der Waals surface area contributed by atoms with E-state index in [-0.39, 0.29) is 5.69 Å². The third-order valence-corrected chi connectivity index (χ3v) is 2.65. The van der Waals surface area contributed by atoms with Crippen molar-refractivity contribution in [1.82, 2.24) is 14.8 Å². The van der Waals surface area contributed by atoms with Crippen LogP contribution >= 0.6 is 0 Å². The monoisotopic (exact) mass is 309 g/mol. The largest absolute Gasteiger partial charge is 0.433 e. The molecule has 2 heterocycles. The first-order valence-electron chi connectivity index (χ1n) is 5.68. The fraction of sp³-hybridized carbons (Fsp3) is 0.333. The zero-order valence-corrected chi connectivity index (χ0v) is 10.8. The van der Waals surface area contributed by atoms with E-state index >= 15 is 0 Å². The topological polar surface area (TPSA) is 30.7 Å². The third-order valence-electron chi connectivity index (χ3n) is 2.65. The van der Waals surface area contributed by atoms with Gasteiger partial charge < -0.3 is 0 Å². The summed E-state index contributed by atoms with van der Waals surface area (Å²) in [6, 6.07) is 2.62. The number of pyridine rings is 1. The van der Waals surface area contributed by atoms with Crippen LogP contribution in [0.4, 0.5) is 26.3 Å². The molecule has 0 aromatic carbocycles. The van der Waals surface area contributed by atoms with Crippen molar-refractivity contribution in [2.45, 2.75) is 26.2 Å². The van der Waals surface area contributed by atoms with Gasteiger partial charge in [-0.15, -0.1) is 0 Å². The third kappa shape index (κ3) is 3.17. The normalized spacial score (nSPS) is 12.8. The second-order valence-corrected chi connectivity index (χ2v) is 4.43. The van der Waals surface area contributed by atoms with Gasteiger partial charge in [-0.3, -0.25) is 0 Å². The lowest BCUT2D eigenvalue weighted by Crippen LogP contribution is -2.16. The fourth-order valence-electron chi connectivity index (χ4n) is 1.82. The van der Waals surface area contributed by atoms with E-state index in [0.29, 0.717) is 23.5 Å². The predicted octanol–water partition coefficient (Wildman–Crippen LogP) is 3.92. The van der Waals surface area contributed by atoms with Crippen molar-refractivity contribution in [3.8, 4) is 5.69 Å². The van der Waals surface area contributed by atoms with E-state index in [4.69, 9.17) is 0 Å². The lowest BCUT2D eigenvalue weighted by atomic mass is 10.2. The highest BCUT2D eigenvalue weighted by molar-refractivity contribution is 5.38. The Labute approximate surface area is 115 Å². The zero-order valence-electron chi connectivity index (χ0n) is 10.8. The van der Waals surface area contributed by atoms with Gasteiger partial charge in [0, 0.05) is 5.69 Å². The van der Waals surface area contributed by atoms with Gasteiger partial charge in [-0.2, -0.15) is 31.4 Å². The van der Waals surface area contributed by atoms with Gasteiger partial charge in [-0.25, -0.2) is 9.67 Å². The Morgan fingerprint density at radius 1 is 0.857 bits per heavy atom. The van der Waals surface area contributed by atoms with Crippen molar-refractivity contribution in [3.05, 3.63) is 41.0 Å². The molecule has 0 aliphatic heterocycles. The molecule has 0 fully saturated rings. The highest BCUT2D eigenvalue weighted by Crippen LogP contribution is 2.34. The Kier molecular flexibility index (Phi) is 3.46. The van der Waals surface area contributed by atoms with Crippen LogP contribution in [0.1, 0.15) is 22.8 Å². The first-order chi connectivity index (χ1) is 9.48. The molecule has 114 valence electrons. The molecule has 0 bridgehead atoms.